The monoisotopic (exact) mass is 278 g/mol. The van der Waals surface area contributed by atoms with Gasteiger partial charge in [-0.15, -0.1) is 24.8 Å². The lowest BCUT2D eigenvalue weighted by molar-refractivity contribution is 0.621. The third-order valence-electron chi connectivity index (χ3n) is 2.01. The summed E-state index contributed by atoms with van der Waals surface area (Å²) in [5, 5.41) is 4.11. The summed E-state index contributed by atoms with van der Waals surface area (Å²) in [4.78, 5) is 3.96. The molecule has 0 aliphatic heterocycles. The summed E-state index contributed by atoms with van der Waals surface area (Å²) in [7, 11) is 0. The Bertz CT molecular complexity index is 444. The summed E-state index contributed by atoms with van der Waals surface area (Å²) in [6.07, 6.45) is 4.72. The lowest BCUT2D eigenvalue weighted by atomic mass is 10.2. The first-order valence-electron chi connectivity index (χ1n) is 4.64. The molecule has 0 aliphatic carbocycles. The number of nitrogens with zero attached hydrogens (tertiary/aromatic N) is 3. The van der Waals surface area contributed by atoms with Gasteiger partial charge in [0.25, 0.3) is 0 Å². The molecule has 2 N–H and O–H groups in total. The molecule has 0 fully saturated rings. The maximum Gasteiger partial charge on any atom is 0.141 e. The van der Waals surface area contributed by atoms with E-state index in [1.165, 1.54) is 12.3 Å². The molecule has 17 heavy (non-hydrogen) atoms. The van der Waals surface area contributed by atoms with Gasteiger partial charge >= 0.3 is 0 Å². The molecular formula is C10H13Cl2FN4. The summed E-state index contributed by atoms with van der Waals surface area (Å²) in [6, 6.07) is 3.00. The molecule has 7 heteroatoms. The molecular weight excluding hydrogens is 266 g/mol. The van der Waals surface area contributed by atoms with Gasteiger partial charge in [0.1, 0.15) is 5.82 Å². The third-order valence-corrected chi connectivity index (χ3v) is 2.01. The quantitative estimate of drug-likeness (QED) is 0.933. The van der Waals surface area contributed by atoms with Crippen LogP contribution in [0.2, 0.25) is 0 Å². The van der Waals surface area contributed by atoms with Crippen molar-refractivity contribution in [1.82, 2.24) is 14.8 Å². The molecule has 4 nitrogen and oxygen atoms in total. The Kier molecular flexibility index (Phi) is 6.72. The molecule has 0 saturated carbocycles. The molecule has 0 aliphatic rings. The first-order valence-corrected chi connectivity index (χ1v) is 4.64. The summed E-state index contributed by atoms with van der Waals surface area (Å²) in [6.45, 7) is 1.21. The van der Waals surface area contributed by atoms with Gasteiger partial charge < -0.3 is 5.73 Å². The number of aromatic nitrogens is 3. The molecule has 2 rings (SSSR count). The van der Waals surface area contributed by atoms with Crippen molar-refractivity contribution in [2.45, 2.75) is 6.54 Å². The van der Waals surface area contributed by atoms with Gasteiger partial charge in [0.15, 0.2) is 0 Å². The van der Waals surface area contributed by atoms with Gasteiger partial charge in [-0.05, 0) is 12.1 Å². The smallest absolute Gasteiger partial charge is 0.141 e. The average molecular weight is 279 g/mol. The maximum atomic E-state index is 12.6. The Morgan fingerprint density at radius 1 is 1.24 bits per heavy atom. The Morgan fingerprint density at radius 3 is 2.59 bits per heavy atom. The van der Waals surface area contributed by atoms with E-state index in [-0.39, 0.29) is 30.6 Å². The SMILES string of the molecule is Cl.Cl.NCCn1cc(-c2ccc(F)cn2)cn1. The van der Waals surface area contributed by atoms with Crippen LogP contribution in [-0.4, -0.2) is 21.3 Å². The number of pyridine rings is 1. The van der Waals surface area contributed by atoms with E-state index in [1.54, 1.807) is 16.9 Å². The summed E-state index contributed by atoms with van der Waals surface area (Å²) in [5.74, 6) is -0.340. The van der Waals surface area contributed by atoms with Crippen molar-refractivity contribution in [3.05, 3.63) is 36.5 Å². The Balaban J connectivity index is 0.00000128. The van der Waals surface area contributed by atoms with E-state index in [0.717, 1.165) is 5.56 Å². The van der Waals surface area contributed by atoms with Crippen LogP contribution in [-0.2, 0) is 6.54 Å². The molecule has 0 atom stereocenters. The largest absolute Gasteiger partial charge is 0.329 e. The van der Waals surface area contributed by atoms with Crippen LogP contribution in [0.15, 0.2) is 30.7 Å². The van der Waals surface area contributed by atoms with Gasteiger partial charge in [0, 0.05) is 18.3 Å². The van der Waals surface area contributed by atoms with Crippen LogP contribution in [0.3, 0.4) is 0 Å². The maximum absolute atomic E-state index is 12.6. The molecule has 0 spiro atoms. The minimum absolute atomic E-state index is 0. The van der Waals surface area contributed by atoms with Crippen LogP contribution in [0.4, 0.5) is 4.39 Å². The average Bonchev–Trinajstić information content (AvgIpc) is 2.68. The highest BCUT2D eigenvalue weighted by Gasteiger charge is 2.02. The number of halogens is 3. The van der Waals surface area contributed by atoms with Crippen molar-refractivity contribution in [2.24, 2.45) is 5.73 Å². The fourth-order valence-corrected chi connectivity index (χ4v) is 1.30. The molecule has 0 radical (unpaired) electrons. The van der Waals surface area contributed by atoms with Crippen molar-refractivity contribution >= 4 is 24.8 Å². The van der Waals surface area contributed by atoms with Gasteiger partial charge in [0.2, 0.25) is 0 Å². The van der Waals surface area contributed by atoms with E-state index in [1.807, 2.05) is 6.20 Å². The molecule has 2 aromatic rings. The molecule has 2 aromatic heterocycles. The first kappa shape index (κ1) is 15.8. The minimum atomic E-state index is -0.340. The summed E-state index contributed by atoms with van der Waals surface area (Å²) < 4.78 is 14.4. The standard InChI is InChI=1S/C10H11FN4.2ClH/c11-9-1-2-10(13-6-9)8-5-14-15(7-8)4-3-12;;/h1-2,5-7H,3-4,12H2;2*1H. The Hall–Kier alpha value is -1.17. The predicted octanol–water partition coefficient (Wildman–Crippen LogP) is 1.89. The fraction of sp³-hybridized carbons (Fsp3) is 0.200. The number of nitrogens with two attached hydrogens (primary N) is 1. The first-order chi connectivity index (χ1) is 7.29. The van der Waals surface area contributed by atoms with Crippen LogP contribution < -0.4 is 5.73 Å². The zero-order valence-electron chi connectivity index (χ0n) is 8.91. The summed E-state index contributed by atoms with van der Waals surface area (Å²) >= 11 is 0. The topological polar surface area (TPSA) is 56.7 Å². The number of rotatable bonds is 3. The van der Waals surface area contributed by atoms with Crippen LogP contribution in [0.1, 0.15) is 0 Å². The molecule has 2 heterocycles. The highest BCUT2D eigenvalue weighted by atomic mass is 35.5. The van der Waals surface area contributed by atoms with Crippen molar-refractivity contribution in [1.29, 1.82) is 0 Å². The van der Waals surface area contributed by atoms with E-state index in [0.29, 0.717) is 18.8 Å². The van der Waals surface area contributed by atoms with Gasteiger partial charge in [0.05, 0.1) is 24.6 Å². The van der Waals surface area contributed by atoms with Crippen molar-refractivity contribution < 1.29 is 4.39 Å². The van der Waals surface area contributed by atoms with Crippen LogP contribution in [0, 0.1) is 5.82 Å². The molecule has 0 bridgehead atoms. The van der Waals surface area contributed by atoms with Crippen LogP contribution in [0.25, 0.3) is 11.3 Å². The van der Waals surface area contributed by atoms with Crippen molar-refractivity contribution in [2.75, 3.05) is 6.54 Å². The minimum Gasteiger partial charge on any atom is -0.329 e. The lowest BCUT2D eigenvalue weighted by Gasteiger charge is -1.96. The van der Waals surface area contributed by atoms with Crippen LogP contribution in [0.5, 0.6) is 0 Å². The highest BCUT2D eigenvalue weighted by molar-refractivity contribution is 5.85. The van der Waals surface area contributed by atoms with E-state index in [2.05, 4.69) is 10.1 Å². The Labute approximate surface area is 111 Å². The van der Waals surface area contributed by atoms with E-state index >= 15 is 0 Å². The fourth-order valence-electron chi connectivity index (χ4n) is 1.30. The molecule has 0 amide bonds. The number of hydrogen-bond acceptors (Lipinski definition) is 3. The second-order valence-corrected chi connectivity index (χ2v) is 3.14. The second kappa shape index (κ2) is 7.21. The van der Waals surface area contributed by atoms with Gasteiger partial charge in [-0.25, -0.2) is 4.39 Å². The normalized spacial score (nSPS) is 9.29. The highest BCUT2D eigenvalue weighted by Crippen LogP contribution is 2.15. The molecule has 94 valence electrons. The Morgan fingerprint density at radius 2 is 2.00 bits per heavy atom. The predicted molar refractivity (Wildman–Crippen MR) is 69.0 cm³/mol. The van der Waals surface area contributed by atoms with Crippen molar-refractivity contribution in [3.63, 3.8) is 0 Å². The van der Waals surface area contributed by atoms with Gasteiger partial charge in [-0.1, -0.05) is 0 Å². The molecule has 0 saturated heterocycles. The lowest BCUT2D eigenvalue weighted by Crippen LogP contribution is -2.09. The van der Waals surface area contributed by atoms with E-state index in [9.17, 15) is 4.39 Å². The van der Waals surface area contributed by atoms with Gasteiger partial charge in [-0.3, -0.25) is 9.67 Å². The van der Waals surface area contributed by atoms with Crippen LogP contribution >= 0.6 is 24.8 Å². The van der Waals surface area contributed by atoms with Gasteiger partial charge in [-0.2, -0.15) is 5.10 Å². The summed E-state index contributed by atoms with van der Waals surface area (Å²) in [5.41, 5.74) is 6.97. The second-order valence-electron chi connectivity index (χ2n) is 3.14. The zero-order chi connectivity index (χ0) is 10.7. The van der Waals surface area contributed by atoms with Crippen molar-refractivity contribution in [3.8, 4) is 11.3 Å². The zero-order valence-corrected chi connectivity index (χ0v) is 10.5. The van der Waals surface area contributed by atoms with E-state index in [4.69, 9.17) is 5.73 Å². The molecule has 0 unspecified atom stereocenters. The molecule has 0 aromatic carbocycles. The number of hydrogen-bond donors (Lipinski definition) is 1. The third kappa shape index (κ3) is 3.96. The van der Waals surface area contributed by atoms with E-state index < -0.39 is 0 Å².